The second kappa shape index (κ2) is 8.62. The van der Waals surface area contributed by atoms with Gasteiger partial charge in [0.1, 0.15) is 17.6 Å². The van der Waals surface area contributed by atoms with E-state index in [2.05, 4.69) is 0 Å². The molecular formula is C19H19Cl2NO4. The number of halogens is 2. The van der Waals surface area contributed by atoms with Crippen molar-refractivity contribution in [2.24, 2.45) is 0 Å². The second-order valence-corrected chi connectivity index (χ2v) is 6.74. The highest BCUT2D eigenvalue weighted by atomic mass is 35.5. The van der Waals surface area contributed by atoms with Crippen molar-refractivity contribution in [2.75, 3.05) is 33.4 Å². The zero-order chi connectivity index (χ0) is 18.5. The van der Waals surface area contributed by atoms with E-state index in [0.717, 1.165) is 5.56 Å². The SMILES string of the molecule is COc1cccc(OCC(=O)N2CCOC(c3cc(Cl)cc(Cl)c3)C2)c1. The molecule has 3 rings (SSSR count). The number of morpholine rings is 1. The molecule has 0 radical (unpaired) electrons. The minimum absolute atomic E-state index is 0.0454. The van der Waals surface area contributed by atoms with E-state index < -0.39 is 0 Å². The van der Waals surface area contributed by atoms with Crippen LogP contribution in [-0.4, -0.2) is 44.2 Å². The van der Waals surface area contributed by atoms with Crippen molar-refractivity contribution in [1.29, 1.82) is 0 Å². The highest BCUT2D eigenvalue weighted by molar-refractivity contribution is 6.34. The third kappa shape index (κ3) is 4.81. The fraction of sp³-hybridized carbons (Fsp3) is 0.316. The van der Waals surface area contributed by atoms with Crippen LogP contribution >= 0.6 is 23.2 Å². The molecule has 1 unspecified atom stereocenters. The molecule has 138 valence electrons. The first-order chi connectivity index (χ1) is 12.5. The number of carbonyl (C=O) groups excluding carboxylic acids is 1. The van der Waals surface area contributed by atoms with Crippen molar-refractivity contribution in [3.05, 3.63) is 58.1 Å². The molecule has 1 saturated heterocycles. The number of amides is 1. The molecule has 0 aliphatic carbocycles. The van der Waals surface area contributed by atoms with Gasteiger partial charge in [-0.25, -0.2) is 0 Å². The quantitative estimate of drug-likeness (QED) is 0.767. The van der Waals surface area contributed by atoms with Gasteiger partial charge < -0.3 is 19.1 Å². The topological polar surface area (TPSA) is 48.0 Å². The lowest BCUT2D eigenvalue weighted by molar-refractivity contribution is -0.141. The summed E-state index contributed by atoms with van der Waals surface area (Å²) in [7, 11) is 1.58. The number of hydrogen-bond donors (Lipinski definition) is 0. The Labute approximate surface area is 162 Å². The van der Waals surface area contributed by atoms with E-state index in [1.165, 1.54) is 0 Å². The summed E-state index contributed by atoms with van der Waals surface area (Å²) in [6, 6.07) is 12.4. The molecule has 0 aromatic heterocycles. The van der Waals surface area contributed by atoms with E-state index in [0.29, 0.717) is 41.2 Å². The lowest BCUT2D eigenvalue weighted by Gasteiger charge is -2.33. The Bertz CT molecular complexity index is 764. The average Bonchev–Trinajstić information content (AvgIpc) is 2.65. The molecule has 0 bridgehead atoms. The molecule has 26 heavy (non-hydrogen) atoms. The second-order valence-electron chi connectivity index (χ2n) is 5.87. The molecule has 1 amide bonds. The van der Waals surface area contributed by atoms with Gasteiger partial charge in [0.2, 0.25) is 0 Å². The minimum atomic E-state index is -0.263. The van der Waals surface area contributed by atoms with Crippen molar-refractivity contribution in [3.63, 3.8) is 0 Å². The van der Waals surface area contributed by atoms with Crippen molar-refractivity contribution in [3.8, 4) is 11.5 Å². The third-order valence-corrected chi connectivity index (χ3v) is 4.52. The number of carbonyl (C=O) groups is 1. The molecule has 0 saturated carbocycles. The first kappa shape index (κ1) is 18.8. The molecule has 1 atom stereocenters. The fourth-order valence-electron chi connectivity index (χ4n) is 2.77. The Morgan fingerprint density at radius 1 is 1.19 bits per heavy atom. The van der Waals surface area contributed by atoms with Crippen LogP contribution in [0.1, 0.15) is 11.7 Å². The van der Waals surface area contributed by atoms with Crippen LogP contribution in [0.4, 0.5) is 0 Å². The van der Waals surface area contributed by atoms with Crippen LogP contribution in [-0.2, 0) is 9.53 Å². The number of methoxy groups -OCH3 is 1. The van der Waals surface area contributed by atoms with Gasteiger partial charge in [-0.3, -0.25) is 4.79 Å². The van der Waals surface area contributed by atoms with E-state index in [1.807, 2.05) is 12.1 Å². The average molecular weight is 396 g/mol. The van der Waals surface area contributed by atoms with E-state index in [9.17, 15) is 4.79 Å². The molecule has 1 heterocycles. The Morgan fingerprint density at radius 3 is 2.65 bits per heavy atom. The maximum atomic E-state index is 12.5. The summed E-state index contributed by atoms with van der Waals surface area (Å²) in [4.78, 5) is 14.2. The Hall–Kier alpha value is -1.95. The molecule has 2 aromatic rings. The number of nitrogens with zero attached hydrogens (tertiary/aromatic N) is 1. The summed E-state index contributed by atoms with van der Waals surface area (Å²) >= 11 is 12.1. The summed E-state index contributed by atoms with van der Waals surface area (Å²) in [5, 5.41) is 1.09. The maximum absolute atomic E-state index is 12.5. The van der Waals surface area contributed by atoms with Crippen LogP contribution in [0.15, 0.2) is 42.5 Å². The van der Waals surface area contributed by atoms with Gasteiger partial charge in [-0.05, 0) is 35.9 Å². The summed E-state index contributed by atoms with van der Waals surface area (Å²) in [6.45, 7) is 1.35. The molecule has 0 N–H and O–H groups in total. The van der Waals surface area contributed by atoms with Gasteiger partial charge in [-0.15, -0.1) is 0 Å². The summed E-state index contributed by atoms with van der Waals surface area (Å²) in [6.07, 6.45) is -0.263. The Kier molecular flexibility index (Phi) is 6.25. The van der Waals surface area contributed by atoms with Gasteiger partial charge >= 0.3 is 0 Å². The minimum Gasteiger partial charge on any atom is -0.497 e. The van der Waals surface area contributed by atoms with Crippen LogP contribution in [0.3, 0.4) is 0 Å². The molecule has 5 nitrogen and oxygen atoms in total. The van der Waals surface area contributed by atoms with Crippen molar-refractivity contribution < 1.29 is 19.0 Å². The van der Waals surface area contributed by atoms with E-state index in [1.54, 1.807) is 42.3 Å². The number of hydrogen-bond acceptors (Lipinski definition) is 4. The summed E-state index contributed by atoms with van der Waals surface area (Å²) in [5.41, 5.74) is 0.855. The van der Waals surface area contributed by atoms with Gasteiger partial charge in [-0.1, -0.05) is 29.3 Å². The number of ether oxygens (including phenoxy) is 3. The number of benzene rings is 2. The summed E-state index contributed by atoms with van der Waals surface area (Å²) < 4.78 is 16.5. The zero-order valence-electron chi connectivity index (χ0n) is 14.3. The normalized spacial score (nSPS) is 17.0. The summed E-state index contributed by atoms with van der Waals surface area (Å²) in [5.74, 6) is 1.16. The molecular weight excluding hydrogens is 377 g/mol. The van der Waals surface area contributed by atoms with Crippen molar-refractivity contribution >= 4 is 29.1 Å². The molecule has 1 fully saturated rings. The van der Waals surface area contributed by atoms with E-state index in [4.69, 9.17) is 37.4 Å². The van der Waals surface area contributed by atoms with Crippen molar-refractivity contribution in [2.45, 2.75) is 6.10 Å². The maximum Gasteiger partial charge on any atom is 0.260 e. The van der Waals surface area contributed by atoms with Gasteiger partial charge in [-0.2, -0.15) is 0 Å². The lowest BCUT2D eigenvalue weighted by atomic mass is 10.1. The van der Waals surface area contributed by atoms with Crippen LogP contribution in [0, 0.1) is 0 Å². The van der Waals surface area contributed by atoms with Crippen LogP contribution in [0.2, 0.25) is 10.0 Å². The fourth-order valence-corrected chi connectivity index (χ4v) is 3.31. The third-order valence-electron chi connectivity index (χ3n) is 4.08. The molecule has 1 aliphatic heterocycles. The van der Waals surface area contributed by atoms with Gasteiger partial charge in [0.15, 0.2) is 6.61 Å². The van der Waals surface area contributed by atoms with Crippen LogP contribution in [0.5, 0.6) is 11.5 Å². The molecule has 2 aromatic carbocycles. The standard InChI is InChI=1S/C19H19Cl2NO4/c1-24-16-3-2-4-17(10-16)26-12-19(23)22-5-6-25-18(11-22)13-7-14(20)9-15(21)8-13/h2-4,7-10,18H,5-6,11-12H2,1H3. The smallest absolute Gasteiger partial charge is 0.260 e. The van der Waals surface area contributed by atoms with Crippen LogP contribution < -0.4 is 9.47 Å². The van der Waals surface area contributed by atoms with Crippen LogP contribution in [0.25, 0.3) is 0 Å². The van der Waals surface area contributed by atoms with Gasteiger partial charge in [0.05, 0.1) is 20.3 Å². The molecule has 0 spiro atoms. The first-order valence-electron chi connectivity index (χ1n) is 8.17. The zero-order valence-corrected chi connectivity index (χ0v) is 15.8. The number of rotatable bonds is 5. The van der Waals surface area contributed by atoms with Crippen molar-refractivity contribution in [1.82, 2.24) is 4.90 Å². The van der Waals surface area contributed by atoms with E-state index in [-0.39, 0.29) is 18.6 Å². The first-order valence-corrected chi connectivity index (χ1v) is 8.93. The Balaban J connectivity index is 1.60. The highest BCUT2D eigenvalue weighted by Gasteiger charge is 2.26. The van der Waals surface area contributed by atoms with Gasteiger partial charge in [0, 0.05) is 22.7 Å². The lowest BCUT2D eigenvalue weighted by Crippen LogP contribution is -2.44. The molecule has 7 heteroatoms. The monoisotopic (exact) mass is 395 g/mol. The highest BCUT2D eigenvalue weighted by Crippen LogP contribution is 2.28. The predicted octanol–water partition coefficient (Wildman–Crippen LogP) is 3.98. The Morgan fingerprint density at radius 2 is 1.92 bits per heavy atom. The predicted molar refractivity (Wildman–Crippen MR) is 100 cm³/mol. The largest absolute Gasteiger partial charge is 0.497 e. The van der Waals surface area contributed by atoms with E-state index >= 15 is 0 Å². The molecule has 1 aliphatic rings. The van der Waals surface area contributed by atoms with Gasteiger partial charge in [0.25, 0.3) is 5.91 Å².